The van der Waals surface area contributed by atoms with Gasteiger partial charge in [-0.25, -0.2) is 0 Å². The fraction of sp³-hybridized carbons (Fsp3) is 0.889. The zero-order valence-corrected chi connectivity index (χ0v) is 17.4. The number of nitrogens with zero attached hydrogens (tertiary/aromatic N) is 2. The number of carbonyl (C=O) groups excluding carboxylic acids is 1. The van der Waals surface area contributed by atoms with Crippen molar-refractivity contribution in [1.29, 1.82) is 0 Å². The lowest BCUT2D eigenvalue weighted by Gasteiger charge is -2.31. The van der Waals surface area contributed by atoms with E-state index in [4.69, 9.17) is 0 Å². The summed E-state index contributed by atoms with van der Waals surface area (Å²) in [5.41, 5.74) is 0. The standard InChI is InChI=1S/C18H32N4O.HI/c1-3-19-18(20-14-9-10-17(23)22(2)12-14)21-16-11-15(16)13-7-5-4-6-8-13;/h13-16H,3-12H2,1-2H3,(H2,19,20,21);1H. The first-order valence-electron chi connectivity index (χ1n) is 9.49. The molecular weight excluding hydrogens is 415 g/mol. The molecule has 0 aromatic heterocycles. The normalized spacial score (nSPS) is 31.4. The Morgan fingerprint density at radius 1 is 1.21 bits per heavy atom. The predicted octanol–water partition coefficient (Wildman–Crippen LogP) is 2.75. The zero-order valence-electron chi connectivity index (χ0n) is 15.1. The molecular formula is C18H33IN4O. The Morgan fingerprint density at radius 2 is 1.96 bits per heavy atom. The number of aliphatic imine (C=N–C) groups is 1. The second kappa shape index (κ2) is 9.25. The maximum absolute atomic E-state index is 11.6. The summed E-state index contributed by atoms with van der Waals surface area (Å²) >= 11 is 0. The number of carbonyl (C=O) groups is 1. The van der Waals surface area contributed by atoms with Crippen LogP contribution in [0.2, 0.25) is 0 Å². The lowest BCUT2D eigenvalue weighted by atomic mass is 9.85. The molecule has 0 bridgehead atoms. The first-order chi connectivity index (χ1) is 11.2. The van der Waals surface area contributed by atoms with E-state index in [9.17, 15) is 4.79 Å². The van der Waals surface area contributed by atoms with Crippen LogP contribution in [-0.4, -0.2) is 49.0 Å². The van der Waals surface area contributed by atoms with E-state index in [1.165, 1.54) is 38.5 Å². The number of hydrogen-bond donors (Lipinski definition) is 2. The van der Waals surface area contributed by atoms with Crippen LogP contribution < -0.4 is 10.6 Å². The molecule has 3 unspecified atom stereocenters. The highest BCUT2D eigenvalue weighted by atomic mass is 127. The molecule has 138 valence electrons. The molecule has 3 rings (SSSR count). The van der Waals surface area contributed by atoms with Crippen molar-refractivity contribution in [3.8, 4) is 0 Å². The molecule has 6 heteroatoms. The van der Waals surface area contributed by atoms with Gasteiger partial charge < -0.3 is 15.5 Å². The van der Waals surface area contributed by atoms with E-state index in [0.717, 1.165) is 37.3 Å². The lowest BCUT2D eigenvalue weighted by molar-refractivity contribution is -0.132. The summed E-state index contributed by atoms with van der Waals surface area (Å²) in [4.78, 5) is 18.0. The third-order valence-electron chi connectivity index (χ3n) is 5.70. The van der Waals surface area contributed by atoms with E-state index in [2.05, 4.69) is 22.5 Å². The van der Waals surface area contributed by atoms with Crippen LogP contribution in [0.25, 0.3) is 0 Å². The molecule has 3 fully saturated rings. The highest BCUT2D eigenvalue weighted by Crippen LogP contribution is 2.44. The van der Waals surface area contributed by atoms with Gasteiger partial charge in [-0.2, -0.15) is 0 Å². The Balaban J connectivity index is 0.00000208. The number of likely N-dealkylation sites (N-methyl/N-ethyl adjacent to an activating group) is 1. The minimum Gasteiger partial charge on any atom is -0.353 e. The van der Waals surface area contributed by atoms with Gasteiger partial charge in [0.1, 0.15) is 0 Å². The van der Waals surface area contributed by atoms with Crippen LogP contribution in [0.15, 0.2) is 4.99 Å². The van der Waals surface area contributed by atoms with Crippen molar-refractivity contribution < 1.29 is 4.79 Å². The van der Waals surface area contributed by atoms with Crippen LogP contribution in [0.3, 0.4) is 0 Å². The molecule has 1 heterocycles. The Morgan fingerprint density at radius 3 is 2.62 bits per heavy atom. The molecule has 2 saturated carbocycles. The maximum Gasteiger partial charge on any atom is 0.222 e. The summed E-state index contributed by atoms with van der Waals surface area (Å²) in [6.45, 7) is 3.64. The largest absolute Gasteiger partial charge is 0.353 e. The molecule has 0 aromatic carbocycles. The summed E-state index contributed by atoms with van der Waals surface area (Å²) in [6.07, 6.45) is 9.97. The topological polar surface area (TPSA) is 56.7 Å². The molecule has 0 aromatic rings. The number of amides is 1. The van der Waals surface area contributed by atoms with Crippen LogP contribution in [-0.2, 0) is 4.79 Å². The summed E-state index contributed by atoms with van der Waals surface area (Å²) in [5.74, 6) is 2.99. The minimum atomic E-state index is 0. The van der Waals surface area contributed by atoms with Crippen molar-refractivity contribution in [1.82, 2.24) is 15.5 Å². The second-order valence-corrected chi connectivity index (χ2v) is 7.53. The number of hydrogen-bond acceptors (Lipinski definition) is 2. The van der Waals surface area contributed by atoms with Gasteiger partial charge in [0.25, 0.3) is 0 Å². The number of halogens is 1. The van der Waals surface area contributed by atoms with Gasteiger partial charge in [-0.1, -0.05) is 32.1 Å². The van der Waals surface area contributed by atoms with Crippen LogP contribution >= 0.6 is 24.0 Å². The van der Waals surface area contributed by atoms with Gasteiger partial charge in [-0.05, 0) is 31.6 Å². The minimum absolute atomic E-state index is 0. The van der Waals surface area contributed by atoms with Crippen LogP contribution in [0.4, 0.5) is 0 Å². The van der Waals surface area contributed by atoms with Crippen LogP contribution in [0.1, 0.15) is 58.3 Å². The van der Waals surface area contributed by atoms with Crippen molar-refractivity contribution in [3.05, 3.63) is 0 Å². The summed E-state index contributed by atoms with van der Waals surface area (Å²) < 4.78 is 0. The average molecular weight is 448 g/mol. The second-order valence-electron chi connectivity index (χ2n) is 7.53. The number of guanidine groups is 1. The third-order valence-corrected chi connectivity index (χ3v) is 5.70. The third kappa shape index (κ3) is 5.23. The van der Waals surface area contributed by atoms with Gasteiger partial charge in [-0.15, -0.1) is 24.0 Å². The van der Waals surface area contributed by atoms with Crippen molar-refractivity contribution in [3.63, 3.8) is 0 Å². The fourth-order valence-corrected chi connectivity index (χ4v) is 4.25. The average Bonchev–Trinajstić information content (AvgIpc) is 3.31. The highest BCUT2D eigenvalue weighted by Gasteiger charge is 2.43. The maximum atomic E-state index is 11.6. The Bertz CT molecular complexity index is 450. The molecule has 0 radical (unpaired) electrons. The van der Waals surface area contributed by atoms with E-state index < -0.39 is 0 Å². The molecule has 5 nitrogen and oxygen atoms in total. The molecule has 1 aliphatic heterocycles. The monoisotopic (exact) mass is 448 g/mol. The number of likely N-dealkylation sites (tertiary alicyclic amines) is 1. The van der Waals surface area contributed by atoms with Crippen molar-refractivity contribution >= 4 is 35.8 Å². The van der Waals surface area contributed by atoms with E-state index in [0.29, 0.717) is 18.5 Å². The smallest absolute Gasteiger partial charge is 0.222 e. The van der Waals surface area contributed by atoms with Crippen LogP contribution in [0, 0.1) is 11.8 Å². The van der Waals surface area contributed by atoms with Gasteiger partial charge in [0.05, 0.1) is 0 Å². The number of piperidine rings is 1. The van der Waals surface area contributed by atoms with Crippen LogP contribution in [0.5, 0.6) is 0 Å². The first-order valence-corrected chi connectivity index (χ1v) is 9.49. The van der Waals surface area contributed by atoms with Gasteiger partial charge >= 0.3 is 0 Å². The fourth-order valence-electron chi connectivity index (χ4n) is 4.25. The van der Waals surface area contributed by atoms with Gasteiger partial charge in [-0.3, -0.25) is 9.79 Å². The van der Waals surface area contributed by atoms with Crippen molar-refractivity contribution in [2.45, 2.75) is 70.4 Å². The predicted molar refractivity (Wildman–Crippen MR) is 109 cm³/mol. The summed E-state index contributed by atoms with van der Waals surface area (Å²) in [5, 5.41) is 7.20. The summed E-state index contributed by atoms with van der Waals surface area (Å²) in [6, 6.07) is 0.932. The molecule has 3 aliphatic rings. The quantitative estimate of drug-likeness (QED) is 0.395. The van der Waals surface area contributed by atoms with Crippen molar-refractivity contribution in [2.75, 3.05) is 20.1 Å². The molecule has 2 N–H and O–H groups in total. The zero-order chi connectivity index (χ0) is 16.2. The Kier molecular flexibility index (Phi) is 7.62. The molecule has 1 amide bonds. The van der Waals surface area contributed by atoms with Gasteiger partial charge in [0.15, 0.2) is 5.96 Å². The Hall–Kier alpha value is -0.530. The Labute approximate surface area is 163 Å². The summed E-state index contributed by atoms with van der Waals surface area (Å²) in [7, 11) is 1.89. The van der Waals surface area contributed by atoms with Gasteiger partial charge in [0.2, 0.25) is 5.91 Å². The molecule has 24 heavy (non-hydrogen) atoms. The number of nitrogens with one attached hydrogen (secondary N) is 2. The van der Waals surface area contributed by atoms with E-state index in [-0.39, 0.29) is 29.9 Å². The van der Waals surface area contributed by atoms with Gasteiger partial charge in [0, 0.05) is 38.6 Å². The van der Waals surface area contributed by atoms with Crippen molar-refractivity contribution in [2.24, 2.45) is 16.8 Å². The van der Waals surface area contributed by atoms with E-state index >= 15 is 0 Å². The first kappa shape index (κ1) is 19.8. The lowest BCUT2D eigenvalue weighted by Crippen LogP contribution is -2.52. The van der Waals surface area contributed by atoms with E-state index in [1.54, 1.807) is 0 Å². The highest BCUT2D eigenvalue weighted by molar-refractivity contribution is 14.0. The molecule has 1 saturated heterocycles. The molecule has 0 spiro atoms. The SMILES string of the molecule is CCN=C(NC1CCC(=O)N(C)C1)NC1CC1C1CCCCC1.I. The molecule has 2 aliphatic carbocycles. The number of rotatable bonds is 4. The molecule has 3 atom stereocenters. The van der Waals surface area contributed by atoms with E-state index in [1.807, 2.05) is 11.9 Å².